The summed E-state index contributed by atoms with van der Waals surface area (Å²) in [4.78, 5) is 11.6. The Morgan fingerprint density at radius 1 is 1.20 bits per heavy atom. The lowest BCUT2D eigenvalue weighted by Crippen LogP contribution is -2.40. The van der Waals surface area contributed by atoms with Crippen LogP contribution in [-0.4, -0.2) is 11.1 Å². The highest BCUT2D eigenvalue weighted by Gasteiger charge is 2.35. The summed E-state index contributed by atoms with van der Waals surface area (Å²) in [5.74, 6) is -1.50. The van der Waals surface area contributed by atoms with E-state index >= 15 is 0 Å². The van der Waals surface area contributed by atoms with Crippen molar-refractivity contribution in [3.05, 3.63) is 64.9 Å². The van der Waals surface area contributed by atoms with Gasteiger partial charge in [-0.1, -0.05) is 35.9 Å². The molecule has 0 amide bonds. The van der Waals surface area contributed by atoms with E-state index in [1.165, 1.54) is 31.2 Å². The topological polar surface area (TPSA) is 49.3 Å². The number of carboxylic acid groups (broad SMARTS) is 1. The fourth-order valence-electron chi connectivity index (χ4n) is 1.86. The van der Waals surface area contributed by atoms with E-state index in [1.807, 2.05) is 0 Å². The average Bonchev–Trinajstić information content (AvgIpc) is 2.42. The van der Waals surface area contributed by atoms with Crippen LogP contribution in [0.1, 0.15) is 12.5 Å². The number of hydrogen-bond donors (Lipinski definition) is 2. The van der Waals surface area contributed by atoms with Crippen LogP contribution in [0, 0.1) is 5.82 Å². The van der Waals surface area contributed by atoms with Gasteiger partial charge < -0.3 is 10.4 Å². The van der Waals surface area contributed by atoms with Crippen molar-refractivity contribution >= 4 is 23.3 Å². The van der Waals surface area contributed by atoms with Crippen LogP contribution in [0.2, 0.25) is 5.02 Å². The number of aliphatic carboxylic acids is 1. The zero-order valence-electron chi connectivity index (χ0n) is 10.7. The quantitative estimate of drug-likeness (QED) is 0.899. The number of rotatable bonds is 4. The first kappa shape index (κ1) is 14.3. The van der Waals surface area contributed by atoms with Crippen LogP contribution < -0.4 is 5.32 Å². The van der Waals surface area contributed by atoms with E-state index in [0.717, 1.165) is 0 Å². The van der Waals surface area contributed by atoms with Gasteiger partial charge in [0.1, 0.15) is 5.82 Å². The molecule has 0 aliphatic heterocycles. The minimum absolute atomic E-state index is 0.417. The van der Waals surface area contributed by atoms with Crippen molar-refractivity contribution in [3.63, 3.8) is 0 Å². The van der Waals surface area contributed by atoms with Crippen LogP contribution in [0.3, 0.4) is 0 Å². The van der Waals surface area contributed by atoms with Crippen molar-refractivity contribution < 1.29 is 14.3 Å². The van der Waals surface area contributed by atoms with Gasteiger partial charge in [-0.05, 0) is 36.8 Å². The molecule has 0 saturated heterocycles. The number of anilines is 1. The molecule has 0 spiro atoms. The van der Waals surface area contributed by atoms with Crippen molar-refractivity contribution in [2.45, 2.75) is 12.5 Å². The highest BCUT2D eigenvalue weighted by Crippen LogP contribution is 2.30. The van der Waals surface area contributed by atoms with E-state index in [4.69, 9.17) is 11.6 Å². The van der Waals surface area contributed by atoms with Gasteiger partial charge in [-0.3, -0.25) is 0 Å². The summed E-state index contributed by atoms with van der Waals surface area (Å²) < 4.78 is 13.0. The predicted octanol–water partition coefficient (Wildman–Crippen LogP) is 3.89. The van der Waals surface area contributed by atoms with Gasteiger partial charge in [0.15, 0.2) is 5.54 Å². The van der Waals surface area contributed by atoms with Gasteiger partial charge in [-0.15, -0.1) is 0 Å². The molecule has 0 aliphatic carbocycles. The summed E-state index contributed by atoms with van der Waals surface area (Å²) in [5.41, 5.74) is -0.465. The van der Waals surface area contributed by atoms with Gasteiger partial charge in [-0.2, -0.15) is 0 Å². The number of carboxylic acids is 1. The molecule has 2 rings (SSSR count). The lowest BCUT2D eigenvalue weighted by Gasteiger charge is -2.28. The Balaban J connectivity index is 2.43. The van der Waals surface area contributed by atoms with Crippen molar-refractivity contribution in [1.29, 1.82) is 0 Å². The number of halogens is 2. The van der Waals surface area contributed by atoms with E-state index in [2.05, 4.69) is 5.32 Å². The van der Waals surface area contributed by atoms with Crippen LogP contribution in [0.4, 0.5) is 10.1 Å². The SMILES string of the molecule is CC(Nc1ccccc1Cl)(C(=O)O)c1ccc(F)cc1. The molecular formula is C15H13ClFNO2. The van der Waals surface area contributed by atoms with Crippen LogP contribution in [0.5, 0.6) is 0 Å². The number of benzene rings is 2. The number of carbonyl (C=O) groups is 1. The third kappa shape index (κ3) is 2.75. The summed E-state index contributed by atoms with van der Waals surface area (Å²) in [6.07, 6.45) is 0. The largest absolute Gasteiger partial charge is 0.479 e. The Hall–Kier alpha value is -2.07. The normalized spacial score (nSPS) is 13.6. The standard InChI is InChI=1S/C15H13ClFNO2/c1-15(14(19)20,10-6-8-11(17)9-7-10)18-13-5-3-2-4-12(13)16/h2-9,18H,1H3,(H,19,20). The lowest BCUT2D eigenvalue weighted by atomic mass is 9.91. The van der Waals surface area contributed by atoms with Gasteiger partial charge in [0.05, 0.1) is 10.7 Å². The second kappa shape index (κ2) is 5.51. The maximum absolute atomic E-state index is 13.0. The number of nitrogens with one attached hydrogen (secondary N) is 1. The average molecular weight is 294 g/mol. The molecule has 5 heteroatoms. The Morgan fingerprint density at radius 3 is 2.35 bits per heavy atom. The summed E-state index contributed by atoms with van der Waals surface area (Å²) in [5, 5.41) is 12.8. The predicted molar refractivity (Wildman–Crippen MR) is 76.5 cm³/mol. The van der Waals surface area contributed by atoms with Crippen molar-refractivity contribution in [2.75, 3.05) is 5.32 Å². The van der Waals surface area contributed by atoms with E-state index in [-0.39, 0.29) is 0 Å². The highest BCUT2D eigenvalue weighted by atomic mass is 35.5. The van der Waals surface area contributed by atoms with Gasteiger partial charge in [0.25, 0.3) is 0 Å². The van der Waals surface area contributed by atoms with Crippen molar-refractivity contribution in [3.8, 4) is 0 Å². The van der Waals surface area contributed by atoms with E-state index in [0.29, 0.717) is 16.3 Å². The zero-order chi connectivity index (χ0) is 14.8. The fraction of sp³-hybridized carbons (Fsp3) is 0.133. The van der Waals surface area contributed by atoms with Crippen LogP contribution in [-0.2, 0) is 10.3 Å². The van der Waals surface area contributed by atoms with E-state index in [9.17, 15) is 14.3 Å². The maximum Gasteiger partial charge on any atom is 0.333 e. The molecule has 0 fully saturated rings. The minimum Gasteiger partial charge on any atom is -0.479 e. The lowest BCUT2D eigenvalue weighted by molar-refractivity contribution is -0.142. The molecule has 20 heavy (non-hydrogen) atoms. The Kier molecular flexibility index (Phi) is 3.95. The Morgan fingerprint density at radius 2 is 1.80 bits per heavy atom. The molecule has 2 N–H and O–H groups in total. The molecule has 0 heterocycles. The fourth-order valence-corrected chi connectivity index (χ4v) is 2.05. The molecule has 0 radical (unpaired) electrons. The first-order chi connectivity index (χ1) is 9.43. The minimum atomic E-state index is -1.40. The molecule has 0 aromatic heterocycles. The molecule has 0 aliphatic rings. The summed E-state index contributed by atoms with van der Waals surface area (Å²) in [6.45, 7) is 1.51. The first-order valence-electron chi connectivity index (χ1n) is 5.95. The molecule has 3 nitrogen and oxygen atoms in total. The second-order valence-electron chi connectivity index (χ2n) is 4.54. The molecule has 1 unspecified atom stereocenters. The Bertz CT molecular complexity index is 630. The first-order valence-corrected chi connectivity index (χ1v) is 6.33. The number of para-hydroxylation sites is 1. The molecule has 2 aromatic rings. The van der Waals surface area contributed by atoms with Crippen LogP contribution in [0.15, 0.2) is 48.5 Å². The number of hydrogen-bond acceptors (Lipinski definition) is 2. The summed E-state index contributed by atoms with van der Waals surface area (Å²) in [7, 11) is 0. The molecule has 0 saturated carbocycles. The molecule has 1 atom stereocenters. The van der Waals surface area contributed by atoms with Gasteiger partial charge in [-0.25, -0.2) is 9.18 Å². The maximum atomic E-state index is 13.0. The van der Waals surface area contributed by atoms with Crippen LogP contribution in [0.25, 0.3) is 0 Å². The summed E-state index contributed by atoms with van der Waals surface area (Å²) >= 11 is 6.03. The third-order valence-electron chi connectivity index (χ3n) is 3.11. The molecule has 0 bridgehead atoms. The van der Waals surface area contributed by atoms with E-state index < -0.39 is 17.3 Å². The zero-order valence-corrected chi connectivity index (χ0v) is 11.5. The monoisotopic (exact) mass is 293 g/mol. The third-order valence-corrected chi connectivity index (χ3v) is 3.44. The van der Waals surface area contributed by atoms with Crippen molar-refractivity contribution in [1.82, 2.24) is 0 Å². The molecular weight excluding hydrogens is 281 g/mol. The van der Waals surface area contributed by atoms with Gasteiger partial charge >= 0.3 is 5.97 Å². The molecule has 104 valence electrons. The van der Waals surface area contributed by atoms with E-state index in [1.54, 1.807) is 24.3 Å². The molecule has 2 aromatic carbocycles. The Labute approximate surface area is 121 Å². The van der Waals surface area contributed by atoms with Crippen molar-refractivity contribution in [2.24, 2.45) is 0 Å². The smallest absolute Gasteiger partial charge is 0.333 e. The van der Waals surface area contributed by atoms with Gasteiger partial charge in [0.2, 0.25) is 0 Å². The highest BCUT2D eigenvalue weighted by molar-refractivity contribution is 6.33. The van der Waals surface area contributed by atoms with Crippen LogP contribution >= 0.6 is 11.6 Å². The van der Waals surface area contributed by atoms with Gasteiger partial charge in [0, 0.05) is 0 Å². The summed E-state index contributed by atoms with van der Waals surface area (Å²) in [6, 6.07) is 12.2. The second-order valence-corrected chi connectivity index (χ2v) is 4.95.